The van der Waals surface area contributed by atoms with Crippen molar-refractivity contribution in [3.05, 3.63) is 69.5 Å². The Bertz CT molecular complexity index is 914. The molecule has 1 aliphatic rings. The summed E-state index contributed by atoms with van der Waals surface area (Å²) in [5.74, 6) is -0.721. The van der Waals surface area contributed by atoms with Gasteiger partial charge in [-0.3, -0.25) is 9.59 Å². The van der Waals surface area contributed by atoms with Crippen LogP contribution < -0.4 is 5.32 Å². The number of rotatable bonds is 8. The minimum atomic E-state index is -0.625. The lowest BCUT2D eigenvalue weighted by atomic mass is 10.1. The Labute approximate surface area is 192 Å². The third kappa shape index (κ3) is 6.44. The number of nitrogens with zero attached hydrogens (tertiary/aromatic N) is 1. The zero-order chi connectivity index (χ0) is 22.4. The molecule has 3 rings (SSSR count). The smallest absolute Gasteiger partial charge is 0.243 e. The van der Waals surface area contributed by atoms with Crippen molar-refractivity contribution < 1.29 is 14.0 Å². The summed E-state index contributed by atoms with van der Waals surface area (Å²) in [6.07, 6.45) is 4.69. The minimum Gasteiger partial charge on any atom is -0.352 e. The molecule has 2 aromatic rings. The van der Waals surface area contributed by atoms with E-state index in [2.05, 4.69) is 5.32 Å². The van der Waals surface area contributed by atoms with Gasteiger partial charge in [-0.25, -0.2) is 4.39 Å². The molecule has 0 radical (unpaired) electrons. The third-order valence-electron chi connectivity index (χ3n) is 5.71. The first-order valence-corrected chi connectivity index (χ1v) is 11.4. The van der Waals surface area contributed by atoms with Crippen molar-refractivity contribution in [2.45, 2.75) is 64.1 Å². The van der Waals surface area contributed by atoms with Gasteiger partial charge in [0.25, 0.3) is 0 Å². The largest absolute Gasteiger partial charge is 0.352 e. The van der Waals surface area contributed by atoms with Gasteiger partial charge in [0.2, 0.25) is 11.8 Å². The zero-order valence-electron chi connectivity index (χ0n) is 17.5. The molecule has 1 saturated carbocycles. The quantitative estimate of drug-likeness (QED) is 0.557. The molecule has 31 heavy (non-hydrogen) atoms. The average molecular weight is 465 g/mol. The molecule has 0 aromatic heterocycles. The number of carbonyl (C=O) groups excluding carboxylic acids is 2. The van der Waals surface area contributed by atoms with Gasteiger partial charge in [-0.15, -0.1) is 0 Å². The van der Waals surface area contributed by atoms with E-state index in [1.807, 2.05) is 6.92 Å². The van der Waals surface area contributed by atoms with Gasteiger partial charge in [-0.1, -0.05) is 61.2 Å². The number of carbonyl (C=O) groups is 2. The Balaban J connectivity index is 1.84. The molecule has 7 heteroatoms. The fourth-order valence-electron chi connectivity index (χ4n) is 4.00. The van der Waals surface area contributed by atoms with Crippen LogP contribution in [0.5, 0.6) is 0 Å². The molecule has 2 aromatic carbocycles. The lowest BCUT2D eigenvalue weighted by Gasteiger charge is -2.32. The number of halogens is 3. The fourth-order valence-corrected chi connectivity index (χ4v) is 4.47. The summed E-state index contributed by atoms with van der Waals surface area (Å²) < 4.78 is 13.3. The van der Waals surface area contributed by atoms with Gasteiger partial charge in [0, 0.05) is 22.6 Å². The average Bonchev–Trinajstić information content (AvgIpc) is 3.24. The monoisotopic (exact) mass is 464 g/mol. The predicted molar refractivity (Wildman–Crippen MR) is 122 cm³/mol. The maximum absolute atomic E-state index is 13.3. The second-order valence-electron chi connectivity index (χ2n) is 7.97. The van der Waals surface area contributed by atoms with Crippen LogP contribution in [0.2, 0.25) is 10.0 Å². The summed E-state index contributed by atoms with van der Waals surface area (Å²) in [6.45, 7) is 2.08. The summed E-state index contributed by atoms with van der Waals surface area (Å²) in [6, 6.07) is 10.5. The summed E-state index contributed by atoms with van der Waals surface area (Å²) >= 11 is 12.4. The second kappa shape index (κ2) is 11.0. The highest BCUT2D eigenvalue weighted by atomic mass is 35.5. The molecule has 166 valence electrons. The standard InChI is InChI=1S/C24H27Cl2FN2O2/c1-2-22(24(31)28-20-5-3-4-6-20)29(15-17-9-10-18(25)14-21(17)26)23(30)13-16-7-11-19(27)12-8-16/h7-12,14,20,22H,2-6,13,15H2,1H3,(H,28,31)/t22-/m0/s1. The normalized spacial score (nSPS) is 15.0. The molecule has 0 heterocycles. The number of hydrogen-bond acceptors (Lipinski definition) is 2. The molecule has 0 aliphatic heterocycles. The van der Waals surface area contributed by atoms with Crippen LogP contribution in [0.15, 0.2) is 42.5 Å². The predicted octanol–water partition coefficient (Wildman–Crippen LogP) is 5.54. The van der Waals surface area contributed by atoms with Crippen molar-refractivity contribution in [3.8, 4) is 0 Å². The van der Waals surface area contributed by atoms with Gasteiger partial charge in [-0.05, 0) is 54.7 Å². The second-order valence-corrected chi connectivity index (χ2v) is 8.82. The van der Waals surface area contributed by atoms with Crippen LogP contribution in [0.25, 0.3) is 0 Å². The first-order chi connectivity index (χ1) is 14.9. The van der Waals surface area contributed by atoms with Gasteiger partial charge >= 0.3 is 0 Å². The Kier molecular flexibility index (Phi) is 8.33. The number of benzene rings is 2. The van der Waals surface area contributed by atoms with E-state index in [1.165, 1.54) is 12.1 Å². The molecule has 1 N–H and O–H groups in total. The van der Waals surface area contributed by atoms with Gasteiger partial charge in [0.15, 0.2) is 0 Å². The molecule has 0 saturated heterocycles. The van der Waals surface area contributed by atoms with Crippen LogP contribution in [0, 0.1) is 5.82 Å². The molecule has 0 spiro atoms. The highest BCUT2D eigenvalue weighted by Gasteiger charge is 2.31. The summed E-state index contributed by atoms with van der Waals surface area (Å²) in [5.41, 5.74) is 1.40. The van der Waals surface area contributed by atoms with Crippen LogP contribution in [0.4, 0.5) is 4.39 Å². The topological polar surface area (TPSA) is 49.4 Å². The van der Waals surface area contributed by atoms with E-state index in [4.69, 9.17) is 23.2 Å². The van der Waals surface area contributed by atoms with Crippen LogP contribution in [0.1, 0.15) is 50.2 Å². The lowest BCUT2D eigenvalue weighted by molar-refractivity contribution is -0.141. The summed E-state index contributed by atoms with van der Waals surface area (Å²) in [4.78, 5) is 28.0. The van der Waals surface area contributed by atoms with Crippen LogP contribution in [0.3, 0.4) is 0 Å². The van der Waals surface area contributed by atoms with E-state index < -0.39 is 6.04 Å². The molecule has 2 amide bonds. The van der Waals surface area contributed by atoms with Crippen molar-refractivity contribution in [3.63, 3.8) is 0 Å². The van der Waals surface area contributed by atoms with E-state index in [0.29, 0.717) is 27.6 Å². The molecular weight excluding hydrogens is 438 g/mol. The van der Waals surface area contributed by atoms with Crippen LogP contribution >= 0.6 is 23.2 Å². The van der Waals surface area contributed by atoms with Gasteiger partial charge in [0.05, 0.1) is 6.42 Å². The maximum atomic E-state index is 13.3. The number of amides is 2. The van der Waals surface area contributed by atoms with E-state index in [9.17, 15) is 14.0 Å². The first kappa shape index (κ1) is 23.6. The van der Waals surface area contributed by atoms with E-state index >= 15 is 0 Å². The summed E-state index contributed by atoms with van der Waals surface area (Å²) in [5, 5.41) is 4.06. The Hall–Kier alpha value is -2.11. The lowest BCUT2D eigenvalue weighted by Crippen LogP contribution is -2.51. The Morgan fingerprint density at radius 1 is 1.13 bits per heavy atom. The molecule has 1 atom stereocenters. The Morgan fingerprint density at radius 3 is 2.42 bits per heavy atom. The molecule has 1 fully saturated rings. The van der Waals surface area contributed by atoms with Crippen molar-refractivity contribution >= 4 is 35.0 Å². The minimum absolute atomic E-state index is 0.0682. The van der Waals surface area contributed by atoms with E-state index in [1.54, 1.807) is 35.2 Å². The number of hydrogen-bond donors (Lipinski definition) is 1. The van der Waals surface area contributed by atoms with Gasteiger partial charge in [0.1, 0.15) is 11.9 Å². The van der Waals surface area contributed by atoms with Crippen LogP contribution in [-0.2, 0) is 22.6 Å². The fraction of sp³-hybridized carbons (Fsp3) is 0.417. The van der Waals surface area contributed by atoms with Crippen molar-refractivity contribution in [1.29, 1.82) is 0 Å². The molecule has 4 nitrogen and oxygen atoms in total. The van der Waals surface area contributed by atoms with E-state index in [-0.39, 0.29) is 36.6 Å². The van der Waals surface area contributed by atoms with Crippen molar-refractivity contribution in [1.82, 2.24) is 10.2 Å². The van der Waals surface area contributed by atoms with Crippen LogP contribution in [-0.4, -0.2) is 28.8 Å². The Morgan fingerprint density at radius 2 is 1.81 bits per heavy atom. The molecule has 0 unspecified atom stereocenters. The third-order valence-corrected chi connectivity index (χ3v) is 6.30. The first-order valence-electron chi connectivity index (χ1n) is 10.7. The SMILES string of the molecule is CC[C@@H](C(=O)NC1CCCC1)N(Cc1ccc(Cl)cc1Cl)C(=O)Cc1ccc(F)cc1. The highest BCUT2D eigenvalue weighted by molar-refractivity contribution is 6.35. The molecule has 1 aliphatic carbocycles. The zero-order valence-corrected chi connectivity index (χ0v) is 19.1. The summed E-state index contributed by atoms with van der Waals surface area (Å²) in [7, 11) is 0. The van der Waals surface area contributed by atoms with E-state index in [0.717, 1.165) is 25.7 Å². The van der Waals surface area contributed by atoms with Gasteiger partial charge < -0.3 is 10.2 Å². The van der Waals surface area contributed by atoms with Crippen molar-refractivity contribution in [2.24, 2.45) is 0 Å². The molecular formula is C24H27Cl2FN2O2. The highest BCUT2D eigenvalue weighted by Crippen LogP contribution is 2.25. The van der Waals surface area contributed by atoms with Crippen molar-refractivity contribution in [2.75, 3.05) is 0 Å². The maximum Gasteiger partial charge on any atom is 0.243 e. The van der Waals surface area contributed by atoms with Gasteiger partial charge in [-0.2, -0.15) is 0 Å². The molecule has 0 bridgehead atoms. The number of nitrogens with one attached hydrogen (secondary N) is 1.